The lowest BCUT2D eigenvalue weighted by molar-refractivity contribution is 0.659. The first kappa shape index (κ1) is 31.8. The van der Waals surface area contributed by atoms with Crippen LogP contribution in [0.2, 0.25) is 0 Å². The zero-order chi connectivity index (χ0) is 38.7. The van der Waals surface area contributed by atoms with Crippen LogP contribution in [0.3, 0.4) is 0 Å². The lowest BCUT2D eigenvalue weighted by atomic mass is 9.44. The van der Waals surface area contributed by atoms with Crippen LogP contribution in [-0.2, 0) is 5.41 Å². The molecule has 59 heavy (non-hydrogen) atoms. The molecule has 0 saturated heterocycles. The summed E-state index contributed by atoms with van der Waals surface area (Å²) in [6, 6.07) is 65.5. The predicted molar refractivity (Wildman–Crippen MR) is 248 cm³/mol. The minimum absolute atomic E-state index is 0.0770. The maximum atomic E-state index is 6.95. The van der Waals surface area contributed by atoms with Gasteiger partial charge in [-0.25, -0.2) is 0 Å². The normalized spacial score (nSPS) is 14.3. The summed E-state index contributed by atoms with van der Waals surface area (Å²) in [7, 11) is 0. The van der Waals surface area contributed by atoms with E-state index in [-0.39, 0.29) is 12.3 Å². The Morgan fingerprint density at radius 1 is 0.508 bits per heavy atom. The van der Waals surface area contributed by atoms with E-state index in [1.165, 1.54) is 99.4 Å². The van der Waals surface area contributed by atoms with Gasteiger partial charge in [-0.15, -0.1) is 0 Å². The van der Waals surface area contributed by atoms with E-state index in [0.29, 0.717) is 0 Å². The van der Waals surface area contributed by atoms with Crippen molar-refractivity contribution in [2.75, 3.05) is 4.90 Å². The number of aromatic nitrogens is 1. The van der Waals surface area contributed by atoms with Crippen molar-refractivity contribution in [1.29, 1.82) is 0 Å². The second kappa shape index (κ2) is 11.0. The van der Waals surface area contributed by atoms with Gasteiger partial charge in [0, 0.05) is 54.9 Å². The summed E-state index contributed by atoms with van der Waals surface area (Å²) in [4.78, 5) is 2.60. The van der Waals surface area contributed by atoms with Crippen molar-refractivity contribution >= 4 is 89.4 Å². The SMILES string of the molecule is CC1(C)c2ccccc2-c2cc3c4c(c21)N(c1cccc2c1oc1ccccc12)c1cc(-c2ccccc2)ccc1B4n1c2cc4ccccc4cc2c2cccc-3c21. The van der Waals surface area contributed by atoms with Crippen molar-refractivity contribution < 1.29 is 4.42 Å². The summed E-state index contributed by atoms with van der Waals surface area (Å²) < 4.78 is 9.65. The minimum Gasteiger partial charge on any atom is -0.454 e. The summed E-state index contributed by atoms with van der Waals surface area (Å²) in [6.45, 7) is 4.78. The van der Waals surface area contributed by atoms with Gasteiger partial charge in [-0.1, -0.05) is 153 Å². The summed E-state index contributed by atoms with van der Waals surface area (Å²) in [5.74, 6) is 0. The first-order chi connectivity index (χ1) is 29.0. The molecule has 4 heterocycles. The number of para-hydroxylation sites is 3. The summed E-state index contributed by atoms with van der Waals surface area (Å²) in [5, 5.41) is 7.37. The molecule has 4 heteroatoms. The molecule has 0 N–H and O–H groups in total. The van der Waals surface area contributed by atoms with Crippen molar-refractivity contribution in [2.24, 2.45) is 0 Å². The van der Waals surface area contributed by atoms with Gasteiger partial charge in [-0.2, -0.15) is 0 Å². The van der Waals surface area contributed by atoms with E-state index in [1.807, 2.05) is 0 Å². The highest BCUT2D eigenvalue weighted by Crippen LogP contribution is 2.58. The fourth-order valence-electron chi connectivity index (χ4n) is 11.4. The standard InChI is InChI=1S/C55H35BN2O/c1-55(2)44-23-10-8-18-36(44)42-31-43-39-21-12-20-38-41-28-33-16-6-7-17-34(33)29-47(41)58(52(38)39)56-45-27-26-35(32-14-4-3-5-15-32)30-48(45)57(53(50(42)55)51(43)56)46-24-13-22-40-37-19-9-11-25-49(37)59-54(40)46/h3-31H,1-2H3. The van der Waals surface area contributed by atoms with Crippen LogP contribution in [0.25, 0.3) is 87.9 Å². The minimum atomic E-state index is -0.281. The average Bonchev–Trinajstić information content (AvgIpc) is 3.90. The molecular formula is C55H35BN2O. The van der Waals surface area contributed by atoms with E-state index in [2.05, 4.69) is 199 Å². The molecule has 0 bridgehead atoms. The Morgan fingerprint density at radius 3 is 2.14 bits per heavy atom. The zero-order valence-electron chi connectivity index (χ0n) is 32.6. The highest BCUT2D eigenvalue weighted by Gasteiger charge is 2.49. The molecule has 0 unspecified atom stereocenters. The maximum Gasteiger partial charge on any atom is 0.333 e. The molecular weight excluding hydrogens is 715 g/mol. The molecule has 2 aromatic heterocycles. The third kappa shape index (κ3) is 3.94. The lowest BCUT2D eigenvalue weighted by Crippen LogP contribution is -2.57. The van der Waals surface area contributed by atoms with Crippen LogP contribution in [0.5, 0.6) is 0 Å². The highest BCUT2D eigenvalue weighted by atomic mass is 16.3. The fourth-order valence-corrected chi connectivity index (χ4v) is 11.4. The van der Waals surface area contributed by atoms with Crippen molar-refractivity contribution in [3.63, 3.8) is 0 Å². The number of hydrogen-bond acceptors (Lipinski definition) is 2. The Bertz CT molecular complexity index is 3670. The zero-order valence-corrected chi connectivity index (χ0v) is 32.6. The molecule has 1 aliphatic carbocycles. The first-order valence-corrected chi connectivity index (χ1v) is 20.7. The largest absolute Gasteiger partial charge is 0.454 e. The molecule has 14 rings (SSSR count). The second-order valence-electron chi connectivity index (χ2n) is 17.2. The number of furan rings is 1. The number of rotatable bonds is 2. The van der Waals surface area contributed by atoms with Crippen LogP contribution < -0.4 is 15.8 Å². The molecule has 274 valence electrons. The molecule has 0 fully saturated rings. The van der Waals surface area contributed by atoms with Gasteiger partial charge < -0.3 is 13.8 Å². The van der Waals surface area contributed by atoms with Gasteiger partial charge in [-0.3, -0.25) is 0 Å². The first-order valence-electron chi connectivity index (χ1n) is 20.7. The third-order valence-electron chi connectivity index (χ3n) is 13.9. The van der Waals surface area contributed by atoms with Crippen LogP contribution in [0.15, 0.2) is 180 Å². The Labute approximate surface area is 341 Å². The average molecular weight is 751 g/mol. The summed E-state index contributed by atoms with van der Waals surface area (Å²) in [6.07, 6.45) is 0. The molecule has 0 atom stereocenters. The van der Waals surface area contributed by atoms with Crippen LogP contribution in [0, 0.1) is 0 Å². The van der Waals surface area contributed by atoms with Gasteiger partial charge in [0.15, 0.2) is 5.58 Å². The van der Waals surface area contributed by atoms with E-state index in [0.717, 1.165) is 27.6 Å². The van der Waals surface area contributed by atoms with E-state index < -0.39 is 0 Å². The molecule has 9 aromatic carbocycles. The Hall–Kier alpha value is -7.30. The number of nitrogens with zero attached hydrogens (tertiary/aromatic N) is 2. The summed E-state index contributed by atoms with van der Waals surface area (Å²) in [5.41, 5.74) is 20.6. The maximum absolute atomic E-state index is 6.95. The Kier molecular flexibility index (Phi) is 5.92. The van der Waals surface area contributed by atoms with E-state index >= 15 is 0 Å². The van der Waals surface area contributed by atoms with Crippen molar-refractivity contribution in [2.45, 2.75) is 19.3 Å². The van der Waals surface area contributed by atoms with E-state index in [9.17, 15) is 0 Å². The highest BCUT2D eigenvalue weighted by molar-refractivity contribution is 6.90. The second-order valence-corrected chi connectivity index (χ2v) is 17.2. The van der Waals surface area contributed by atoms with Gasteiger partial charge in [-0.05, 0) is 97.0 Å². The van der Waals surface area contributed by atoms with Gasteiger partial charge in [0.1, 0.15) is 5.58 Å². The molecule has 3 aliphatic rings. The molecule has 0 spiro atoms. The summed E-state index contributed by atoms with van der Waals surface area (Å²) >= 11 is 0. The predicted octanol–water partition coefficient (Wildman–Crippen LogP) is 13.2. The number of fused-ring (bicyclic) bond motifs is 15. The lowest BCUT2D eigenvalue weighted by Gasteiger charge is -2.43. The molecule has 0 amide bonds. The smallest absolute Gasteiger partial charge is 0.333 e. The van der Waals surface area contributed by atoms with Crippen LogP contribution in [-0.4, -0.2) is 11.3 Å². The number of hydrogen-bond donors (Lipinski definition) is 0. The van der Waals surface area contributed by atoms with E-state index in [1.54, 1.807) is 0 Å². The van der Waals surface area contributed by atoms with E-state index in [4.69, 9.17) is 4.42 Å². The Balaban J connectivity index is 1.20. The topological polar surface area (TPSA) is 21.3 Å². The quantitative estimate of drug-likeness (QED) is 0.164. The Morgan fingerprint density at radius 2 is 1.24 bits per heavy atom. The number of benzene rings is 9. The van der Waals surface area contributed by atoms with Gasteiger partial charge >= 0.3 is 6.85 Å². The molecule has 0 radical (unpaired) electrons. The van der Waals surface area contributed by atoms with Gasteiger partial charge in [0.25, 0.3) is 0 Å². The molecule has 0 saturated carbocycles. The van der Waals surface area contributed by atoms with Crippen molar-refractivity contribution in [3.8, 4) is 33.4 Å². The fraction of sp³-hybridized carbons (Fsp3) is 0.0545. The van der Waals surface area contributed by atoms with Crippen molar-refractivity contribution in [3.05, 3.63) is 187 Å². The van der Waals surface area contributed by atoms with Crippen LogP contribution in [0.4, 0.5) is 17.1 Å². The van der Waals surface area contributed by atoms with Gasteiger partial charge in [0.2, 0.25) is 0 Å². The molecule has 11 aromatic rings. The monoisotopic (exact) mass is 750 g/mol. The van der Waals surface area contributed by atoms with Crippen molar-refractivity contribution in [1.82, 2.24) is 4.48 Å². The molecule has 2 aliphatic heterocycles. The van der Waals surface area contributed by atoms with Gasteiger partial charge in [0.05, 0.1) is 5.69 Å². The molecule has 3 nitrogen and oxygen atoms in total. The third-order valence-corrected chi connectivity index (χ3v) is 13.9. The van der Waals surface area contributed by atoms with Crippen LogP contribution >= 0.6 is 0 Å². The number of anilines is 3. The van der Waals surface area contributed by atoms with Crippen LogP contribution in [0.1, 0.15) is 25.0 Å².